The fraction of sp³-hybridized carbons (Fsp3) is 0.462. The van der Waals surface area contributed by atoms with Crippen molar-refractivity contribution in [2.45, 2.75) is 6.04 Å². The van der Waals surface area contributed by atoms with Crippen molar-refractivity contribution < 1.29 is 13.9 Å². The Bertz CT molecular complexity index is 711. The van der Waals surface area contributed by atoms with Crippen molar-refractivity contribution in [3.63, 3.8) is 0 Å². The number of nitrogens with one attached hydrogen (secondary N) is 1. The van der Waals surface area contributed by atoms with Gasteiger partial charge in [0, 0.05) is 19.6 Å². The number of fused-ring (bicyclic) bond motifs is 2. The molecule has 0 aliphatic carbocycles. The van der Waals surface area contributed by atoms with Crippen LogP contribution in [-0.2, 0) is 0 Å². The quantitative estimate of drug-likeness (QED) is 0.812. The SMILES string of the molecule is COc1nc2c3c(ncc(F)c3n1)OCC1CNCCN21. The van der Waals surface area contributed by atoms with E-state index in [2.05, 4.69) is 25.2 Å². The summed E-state index contributed by atoms with van der Waals surface area (Å²) < 4.78 is 24.9. The lowest BCUT2D eigenvalue weighted by atomic mass is 10.2. The smallest absolute Gasteiger partial charge is 0.318 e. The molecule has 2 aliphatic rings. The number of halogens is 1. The number of piperazine rings is 1. The molecule has 1 N–H and O–H groups in total. The summed E-state index contributed by atoms with van der Waals surface area (Å²) in [7, 11) is 1.47. The molecule has 4 rings (SSSR count). The molecule has 7 nitrogen and oxygen atoms in total. The number of aromatic nitrogens is 3. The van der Waals surface area contributed by atoms with E-state index in [4.69, 9.17) is 9.47 Å². The third-order valence-electron chi connectivity index (χ3n) is 3.82. The fourth-order valence-electron chi connectivity index (χ4n) is 2.81. The molecule has 110 valence electrons. The van der Waals surface area contributed by atoms with Crippen LogP contribution in [-0.4, -0.2) is 54.3 Å². The molecule has 1 atom stereocenters. The number of nitrogens with zero attached hydrogens (tertiary/aromatic N) is 4. The highest BCUT2D eigenvalue weighted by atomic mass is 19.1. The fourth-order valence-corrected chi connectivity index (χ4v) is 2.81. The second-order valence-corrected chi connectivity index (χ2v) is 5.03. The van der Waals surface area contributed by atoms with Gasteiger partial charge < -0.3 is 19.7 Å². The predicted octanol–water partition coefficient (Wildman–Crippen LogP) is 0.343. The average molecular weight is 291 g/mol. The van der Waals surface area contributed by atoms with E-state index in [0.717, 1.165) is 25.8 Å². The first-order chi connectivity index (χ1) is 10.3. The van der Waals surface area contributed by atoms with E-state index in [1.807, 2.05) is 0 Å². The second-order valence-electron chi connectivity index (χ2n) is 5.03. The maximum atomic E-state index is 14.1. The molecule has 0 aromatic carbocycles. The van der Waals surface area contributed by atoms with Crippen LogP contribution in [0.3, 0.4) is 0 Å². The molecule has 0 amide bonds. The zero-order chi connectivity index (χ0) is 14.4. The standard InChI is InChI=1S/C13H14FN5O2/c1-20-13-17-10-8(14)5-16-12-9(10)11(18-13)19-3-2-15-4-7(19)6-21-12/h5,7,15H,2-4,6H2,1H3. The molecular formula is C13H14FN5O2. The van der Waals surface area contributed by atoms with Gasteiger partial charge in [-0.05, 0) is 0 Å². The van der Waals surface area contributed by atoms with Gasteiger partial charge in [0.25, 0.3) is 0 Å². The lowest BCUT2D eigenvalue weighted by Gasteiger charge is -2.35. The van der Waals surface area contributed by atoms with Gasteiger partial charge in [-0.15, -0.1) is 0 Å². The number of pyridine rings is 1. The van der Waals surface area contributed by atoms with Crippen LogP contribution in [0, 0.1) is 5.82 Å². The largest absolute Gasteiger partial charge is 0.475 e. The maximum Gasteiger partial charge on any atom is 0.318 e. The Morgan fingerprint density at radius 1 is 1.48 bits per heavy atom. The molecule has 8 heteroatoms. The molecule has 1 saturated heterocycles. The summed E-state index contributed by atoms with van der Waals surface area (Å²) in [4.78, 5) is 14.7. The third-order valence-corrected chi connectivity index (χ3v) is 3.82. The first-order valence-corrected chi connectivity index (χ1v) is 6.78. The Morgan fingerprint density at radius 2 is 2.38 bits per heavy atom. The molecule has 21 heavy (non-hydrogen) atoms. The molecular weight excluding hydrogens is 277 g/mol. The first kappa shape index (κ1) is 12.5. The van der Waals surface area contributed by atoms with Gasteiger partial charge in [0.15, 0.2) is 5.82 Å². The molecule has 1 unspecified atom stereocenters. The lowest BCUT2D eigenvalue weighted by molar-refractivity contribution is 0.266. The number of hydrogen-bond acceptors (Lipinski definition) is 7. The van der Waals surface area contributed by atoms with Crippen molar-refractivity contribution in [2.24, 2.45) is 0 Å². The highest BCUT2D eigenvalue weighted by molar-refractivity contribution is 5.94. The van der Waals surface area contributed by atoms with Crippen molar-refractivity contribution in [3.8, 4) is 11.9 Å². The topological polar surface area (TPSA) is 72.4 Å². The normalized spacial score (nSPS) is 20.7. The van der Waals surface area contributed by atoms with Crippen molar-refractivity contribution in [1.82, 2.24) is 20.3 Å². The van der Waals surface area contributed by atoms with Crippen LogP contribution < -0.4 is 19.7 Å². The summed E-state index contributed by atoms with van der Waals surface area (Å²) in [6.07, 6.45) is 1.12. The number of rotatable bonds is 1. The Kier molecular flexibility index (Phi) is 2.78. The molecule has 2 aromatic rings. The molecule has 0 spiro atoms. The summed E-state index contributed by atoms with van der Waals surface area (Å²) in [5, 5.41) is 3.83. The molecule has 0 radical (unpaired) electrons. The minimum atomic E-state index is -0.507. The summed E-state index contributed by atoms with van der Waals surface area (Å²) in [6.45, 7) is 2.85. The van der Waals surface area contributed by atoms with Gasteiger partial charge in [-0.2, -0.15) is 9.97 Å². The molecule has 0 saturated carbocycles. The van der Waals surface area contributed by atoms with Gasteiger partial charge >= 0.3 is 6.01 Å². The first-order valence-electron chi connectivity index (χ1n) is 6.78. The van der Waals surface area contributed by atoms with E-state index < -0.39 is 5.82 Å². The zero-order valence-electron chi connectivity index (χ0n) is 11.5. The van der Waals surface area contributed by atoms with Gasteiger partial charge in [0.2, 0.25) is 5.88 Å². The Labute approximate surface area is 120 Å². The summed E-state index contributed by atoms with van der Waals surface area (Å²) in [6, 6.07) is 0.270. The average Bonchev–Trinajstić information content (AvgIpc) is 2.69. The highest BCUT2D eigenvalue weighted by Gasteiger charge is 2.32. The van der Waals surface area contributed by atoms with E-state index in [0.29, 0.717) is 23.7 Å². The van der Waals surface area contributed by atoms with Crippen LogP contribution in [0.1, 0.15) is 0 Å². The van der Waals surface area contributed by atoms with Crippen LogP contribution in [0.4, 0.5) is 10.2 Å². The number of hydrogen-bond donors (Lipinski definition) is 1. The van der Waals surface area contributed by atoms with Gasteiger partial charge in [0.1, 0.15) is 23.3 Å². The Hall–Kier alpha value is -2.22. The zero-order valence-corrected chi connectivity index (χ0v) is 11.5. The van der Waals surface area contributed by atoms with Crippen LogP contribution in [0.15, 0.2) is 6.20 Å². The van der Waals surface area contributed by atoms with Crippen molar-refractivity contribution in [3.05, 3.63) is 12.0 Å². The molecule has 2 aliphatic heterocycles. The monoisotopic (exact) mass is 291 g/mol. The maximum absolute atomic E-state index is 14.1. The van der Waals surface area contributed by atoms with Crippen LogP contribution in [0.25, 0.3) is 10.9 Å². The Morgan fingerprint density at radius 3 is 3.24 bits per heavy atom. The van der Waals surface area contributed by atoms with Crippen LogP contribution >= 0.6 is 0 Å². The van der Waals surface area contributed by atoms with Crippen molar-refractivity contribution in [1.29, 1.82) is 0 Å². The van der Waals surface area contributed by atoms with E-state index in [1.54, 1.807) is 0 Å². The summed E-state index contributed by atoms with van der Waals surface area (Å²) in [5.41, 5.74) is 0.182. The van der Waals surface area contributed by atoms with Gasteiger partial charge in [-0.3, -0.25) is 0 Å². The minimum absolute atomic E-state index is 0.124. The molecule has 1 fully saturated rings. The van der Waals surface area contributed by atoms with E-state index >= 15 is 0 Å². The molecule has 2 aromatic heterocycles. The number of ether oxygens (including phenoxy) is 2. The highest BCUT2D eigenvalue weighted by Crippen LogP contribution is 2.36. The van der Waals surface area contributed by atoms with Gasteiger partial charge in [0.05, 0.1) is 19.3 Å². The third kappa shape index (κ3) is 1.86. The van der Waals surface area contributed by atoms with Crippen molar-refractivity contribution >= 4 is 16.7 Å². The number of anilines is 1. The molecule has 4 heterocycles. The summed E-state index contributed by atoms with van der Waals surface area (Å²) >= 11 is 0. The van der Waals surface area contributed by atoms with E-state index in [1.165, 1.54) is 7.11 Å². The molecule has 0 bridgehead atoms. The minimum Gasteiger partial charge on any atom is -0.475 e. The van der Waals surface area contributed by atoms with E-state index in [9.17, 15) is 4.39 Å². The van der Waals surface area contributed by atoms with Gasteiger partial charge in [-0.1, -0.05) is 0 Å². The Balaban J connectivity index is 2.02. The van der Waals surface area contributed by atoms with Gasteiger partial charge in [-0.25, -0.2) is 9.37 Å². The predicted molar refractivity (Wildman–Crippen MR) is 73.3 cm³/mol. The second kappa shape index (κ2) is 4.66. The van der Waals surface area contributed by atoms with Crippen LogP contribution in [0.2, 0.25) is 0 Å². The van der Waals surface area contributed by atoms with Crippen LogP contribution in [0.5, 0.6) is 11.9 Å². The van der Waals surface area contributed by atoms with Crippen molar-refractivity contribution in [2.75, 3.05) is 38.3 Å². The number of methoxy groups -OCH3 is 1. The van der Waals surface area contributed by atoms with E-state index in [-0.39, 0.29) is 17.6 Å². The summed E-state index contributed by atoms with van der Waals surface area (Å²) in [5.74, 6) is 0.495. The lowest BCUT2D eigenvalue weighted by Crippen LogP contribution is -2.53.